The number of hydrogen-bond donors (Lipinski definition) is 1. The molecular formula is C20H26N4O3. The topological polar surface area (TPSA) is 68.6 Å². The van der Waals surface area contributed by atoms with Crippen LogP contribution < -0.4 is 10.1 Å². The molecule has 0 spiro atoms. The van der Waals surface area contributed by atoms with Gasteiger partial charge in [0.25, 0.3) is 0 Å². The van der Waals surface area contributed by atoms with Crippen LogP contribution in [0.2, 0.25) is 0 Å². The predicted octanol–water partition coefficient (Wildman–Crippen LogP) is 3.02. The second-order valence-corrected chi connectivity index (χ2v) is 7.35. The summed E-state index contributed by atoms with van der Waals surface area (Å²) < 4.78 is 13.1. The van der Waals surface area contributed by atoms with E-state index in [1.807, 2.05) is 46.1 Å². The number of carbonyl (C=O) groups excluding carboxylic acids is 1. The van der Waals surface area contributed by atoms with Crippen LogP contribution in [-0.4, -0.2) is 54.1 Å². The van der Waals surface area contributed by atoms with Gasteiger partial charge in [-0.15, -0.1) is 0 Å². The van der Waals surface area contributed by atoms with E-state index >= 15 is 0 Å². The van der Waals surface area contributed by atoms with Crippen LogP contribution >= 0.6 is 0 Å². The van der Waals surface area contributed by atoms with Crippen LogP contribution in [0.3, 0.4) is 0 Å². The van der Waals surface area contributed by atoms with Gasteiger partial charge >= 0.3 is 6.03 Å². The number of likely N-dealkylation sites (tertiary alicyclic amines) is 1. The Morgan fingerprint density at radius 1 is 1.15 bits per heavy atom. The molecule has 4 atom stereocenters. The zero-order valence-electron chi connectivity index (χ0n) is 15.7. The number of nitrogens with zero attached hydrogens (tertiary/aromatic N) is 3. The number of amides is 2. The average Bonchev–Trinajstić information content (AvgIpc) is 3.36. The molecule has 0 bridgehead atoms. The van der Waals surface area contributed by atoms with Gasteiger partial charge in [0.1, 0.15) is 5.75 Å². The first-order valence-electron chi connectivity index (χ1n) is 9.40. The fourth-order valence-corrected chi connectivity index (χ4v) is 4.51. The lowest BCUT2D eigenvalue weighted by Crippen LogP contribution is -2.37. The summed E-state index contributed by atoms with van der Waals surface area (Å²) in [6.45, 7) is 1.52. The zero-order chi connectivity index (χ0) is 18.8. The molecule has 4 rings (SSSR count). The minimum Gasteiger partial charge on any atom is -0.495 e. The number of aromatic nitrogens is 2. The number of rotatable bonds is 4. The third-order valence-corrected chi connectivity index (χ3v) is 5.89. The minimum atomic E-state index is -0.0708. The van der Waals surface area contributed by atoms with Crippen LogP contribution in [0.5, 0.6) is 5.75 Å². The molecule has 7 heteroatoms. The first-order valence-corrected chi connectivity index (χ1v) is 9.40. The predicted molar refractivity (Wildman–Crippen MR) is 102 cm³/mol. The molecule has 1 aliphatic carbocycles. The van der Waals surface area contributed by atoms with Gasteiger partial charge in [-0.3, -0.25) is 4.68 Å². The molecule has 1 aromatic heterocycles. The molecule has 1 saturated carbocycles. The molecule has 7 nitrogen and oxygen atoms in total. The molecule has 2 aliphatic rings. The standard InChI is InChI=1S/C20H26N4O3/c1-26-18-7-4-3-6-16(18)22-20(25)23-12-14-10-17(24-9-5-8-21-24)19(27-2)11-15(14)13-23/h3-9,14-15,17,19H,10-13H2,1-2H3,(H,22,25)/t14-,15+,17-,19-/m0/s1. The smallest absolute Gasteiger partial charge is 0.321 e. The van der Waals surface area contributed by atoms with Gasteiger partial charge in [0.05, 0.1) is 24.9 Å². The zero-order valence-corrected chi connectivity index (χ0v) is 15.7. The number of ether oxygens (including phenoxy) is 2. The third-order valence-electron chi connectivity index (χ3n) is 5.89. The van der Waals surface area contributed by atoms with Crippen molar-refractivity contribution in [1.29, 1.82) is 0 Å². The number of nitrogens with one attached hydrogen (secondary N) is 1. The Kier molecular flexibility index (Phi) is 5.03. The molecule has 0 unspecified atom stereocenters. The second kappa shape index (κ2) is 7.60. The first kappa shape index (κ1) is 17.9. The van der Waals surface area contributed by atoms with Crippen molar-refractivity contribution < 1.29 is 14.3 Å². The lowest BCUT2D eigenvalue weighted by atomic mass is 9.77. The van der Waals surface area contributed by atoms with Gasteiger partial charge in [-0.05, 0) is 42.9 Å². The highest BCUT2D eigenvalue weighted by atomic mass is 16.5. The number of hydrogen-bond acceptors (Lipinski definition) is 4. The van der Waals surface area contributed by atoms with Crippen molar-refractivity contribution in [2.45, 2.75) is 25.0 Å². The summed E-state index contributed by atoms with van der Waals surface area (Å²) in [7, 11) is 3.37. The number of fused-ring (bicyclic) bond motifs is 1. The summed E-state index contributed by atoms with van der Waals surface area (Å²) in [6.07, 6.45) is 5.86. The Bertz CT molecular complexity index is 779. The summed E-state index contributed by atoms with van der Waals surface area (Å²) in [4.78, 5) is 14.7. The van der Waals surface area contributed by atoms with E-state index in [2.05, 4.69) is 10.4 Å². The number of anilines is 1. The lowest BCUT2D eigenvalue weighted by Gasteiger charge is -2.37. The lowest BCUT2D eigenvalue weighted by molar-refractivity contribution is -0.00485. The Balaban J connectivity index is 1.44. The molecule has 2 aromatic rings. The van der Waals surface area contributed by atoms with Crippen molar-refractivity contribution in [1.82, 2.24) is 14.7 Å². The number of para-hydroxylation sites is 2. The van der Waals surface area contributed by atoms with Gasteiger partial charge < -0.3 is 19.7 Å². The van der Waals surface area contributed by atoms with E-state index < -0.39 is 0 Å². The summed E-state index contributed by atoms with van der Waals surface area (Å²) in [5.74, 6) is 1.60. The molecule has 1 saturated heterocycles. The van der Waals surface area contributed by atoms with Gasteiger partial charge in [-0.2, -0.15) is 5.10 Å². The molecular weight excluding hydrogens is 344 g/mol. The van der Waals surface area contributed by atoms with Crippen molar-refractivity contribution in [3.63, 3.8) is 0 Å². The van der Waals surface area contributed by atoms with E-state index in [1.54, 1.807) is 20.4 Å². The van der Waals surface area contributed by atoms with Gasteiger partial charge in [-0.1, -0.05) is 12.1 Å². The van der Waals surface area contributed by atoms with Crippen molar-refractivity contribution in [2.75, 3.05) is 32.6 Å². The molecule has 144 valence electrons. The maximum Gasteiger partial charge on any atom is 0.321 e. The average molecular weight is 370 g/mol. The Hall–Kier alpha value is -2.54. The quantitative estimate of drug-likeness (QED) is 0.898. The maximum absolute atomic E-state index is 12.8. The molecule has 2 fully saturated rings. The van der Waals surface area contributed by atoms with E-state index in [4.69, 9.17) is 9.47 Å². The molecule has 1 aliphatic heterocycles. The fraction of sp³-hybridized carbons (Fsp3) is 0.500. The molecule has 2 heterocycles. The number of methoxy groups -OCH3 is 2. The third kappa shape index (κ3) is 3.51. The number of urea groups is 1. The largest absolute Gasteiger partial charge is 0.495 e. The summed E-state index contributed by atoms with van der Waals surface area (Å²) >= 11 is 0. The van der Waals surface area contributed by atoms with Gasteiger partial charge in [0, 0.05) is 32.6 Å². The highest BCUT2D eigenvalue weighted by Gasteiger charge is 2.44. The van der Waals surface area contributed by atoms with Crippen LogP contribution in [-0.2, 0) is 4.74 Å². The van der Waals surface area contributed by atoms with E-state index in [0.717, 1.165) is 25.9 Å². The van der Waals surface area contributed by atoms with Crippen LogP contribution in [0.15, 0.2) is 42.7 Å². The highest BCUT2D eigenvalue weighted by Crippen LogP contribution is 2.42. The number of benzene rings is 1. The van der Waals surface area contributed by atoms with Crippen molar-refractivity contribution in [2.24, 2.45) is 11.8 Å². The fourth-order valence-electron chi connectivity index (χ4n) is 4.51. The van der Waals surface area contributed by atoms with Gasteiger partial charge in [0.2, 0.25) is 0 Å². The van der Waals surface area contributed by atoms with Gasteiger partial charge in [0.15, 0.2) is 0 Å². The normalized spacial score (nSPS) is 27.3. The summed E-state index contributed by atoms with van der Waals surface area (Å²) in [5, 5.41) is 7.40. The van der Waals surface area contributed by atoms with E-state index in [0.29, 0.717) is 23.3 Å². The Morgan fingerprint density at radius 2 is 1.93 bits per heavy atom. The van der Waals surface area contributed by atoms with E-state index in [9.17, 15) is 4.79 Å². The Labute approximate surface area is 159 Å². The minimum absolute atomic E-state index is 0.0708. The maximum atomic E-state index is 12.8. The van der Waals surface area contributed by atoms with Crippen LogP contribution in [0.1, 0.15) is 18.9 Å². The highest BCUT2D eigenvalue weighted by molar-refractivity contribution is 5.91. The van der Waals surface area contributed by atoms with E-state index in [-0.39, 0.29) is 18.2 Å². The van der Waals surface area contributed by atoms with Crippen LogP contribution in [0.4, 0.5) is 10.5 Å². The molecule has 27 heavy (non-hydrogen) atoms. The SMILES string of the molecule is COc1ccccc1NC(=O)N1C[C@H]2C[C@H](OC)[C@@H](n3cccn3)C[C@H]2C1. The first-order chi connectivity index (χ1) is 13.2. The Morgan fingerprint density at radius 3 is 2.63 bits per heavy atom. The molecule has 1 N–H and O–H groups in total. The van der Waals surface area contributed by atoms with E-state index in [1.165, 1.54) is 0 Å². The summed E-state index contributed by atoms with van der Waals surface area (Å²) in [6, 6.07) is 9.58. The molecule has 0 radical (unpaired) electrons. The molecule has 1 aromatic carbocycles. The second-order valence-electron chi connectivity index (χ2n) is 7.35. The van der Waals surface area contributed by atoms with Crippen molar-refractivity contribution >= 4 is 11.7 Å². The monoisotopic (exact) mass is 370 g/mol. The molecule has 2 amide bonds. The van der Waals surface area contributed by atoms with Crippen LogP contribution in [0.25, 0.3) is 0 Å². The van der Waals surface area contributed by atoms with Crippen molar-refractivity contribution in [3.05, 3.63) is 42.7 Å². The number of carbonyl (C=O) groups is 1. The van der Waals surface area contributed by atoms with Crippen molar-refractivity contribution in [3.8, 4) is 5.75 Å². The van der Waals surface area contributed by atoms with Gasteiger partial charge in [-0.25, -0.2) is 4.79 Å². The van der Waals surface area contributed by atoms with Crippen LogP contribution in [0, 0.1) is 11.8 Å². The summed E-state index contributed by atoms with van der Waals surface area (Å²) in [5.41, 5.74) is 0.698.